The van der Waals surface area contributed by atoms with Crippen molar-refractivity contribution < 1.29 is 25.8 Å². The first-order valence-corrected chi connectivity index (χ1v) is 20.9. The van der Waals surface area contributed by atoms with Crippen LogP contribution in [0.2, 0.25) is 12.1 Å². The summed E-state index contributed by atoms with van der Waals surface area (Å²) >= 11 is 0. The van der Waals surface area contributed by atoms with E-state index >= 15 is 0 Å². The van der Waals surface area contributed by atoms with E-state index in [9.17, 15) is 0 Å². The summed E-state index contributed by atoms with van der Waals surface area (Å²) in [5.74, 6) is 1.09. The first-order valence-electron chi connectivity index (χ1n) is 18.4. The molecule has 0 aliphatic heterocycles. The molecule has 6 aromatic rings. The summed E-state index contributed by atoms with van der Waals surface area (Å²) in [6.45, 7) is 13.8. The Balaban J connectivity index is 0.00000225. The zero-order valence-corrected chi connectivity index (χ0v) is 36.8. The Morgan fingerprint density at radius 2 is 0.900 bits per heavy atom. The van der Waals surface area contributed by atoms with Crippen molar-refractivity contribution in [3.05, 3.63) is 135 Å². The number of rotatable bonds is 14. The molecule has 0 spiro atoms. The molecule has 0 radical (unpaired) electrons. The molecule has 0 heterocycles. The van der Waals surface area contributed by atoms with Crippen LogP contribution in [-0.2, 0) is 25.8 Å². The molecule has 0 amide bonds. The minimum Gasteiger partial charge on any atom is -0.358 e. The van der Waals surface area contributed by atoms with E-state index in [2.05, 4.69) is 151 Å². The quantitative estimate of drug-likeness (QED) is 0.0582. The molecule has 0 saturated heterocycles. The van der Waals surface area contributed by atoms with Crippen molar-refractivity contribution in [1.82, 2.24) is 0 Å². The molecule has 0 nitrogen and oxygen atoms in total. The molecular formula is C48H60HfSi. The Bertz CT molecular complexity index is 1760. The van der Waals surface area contributed by atoms with Crippen molar-refractivity contribution in [2.24, 2.45) is 0 Å². The van der Waals surface area contributed by atoms with Gasteiger partial charge in [0.05, 0.1) is 8.07 Å². The molecular weight excluding hydrogens is 783 g/mol. The van der Waals surface area contributed by atoms with Gasteiger partial charge in [-0.2, -0.15) is 12.1 Å². The van der Waals surface area contributed by atoms with Gasteiger partial charge in [0.2, 0.25) is 0 Å². The van der Waals surface area contributed by atoms with Gasteiger partial charge in [-0.05, 0) is 34.1 Å². The summed E-state index contributed by atoms with van der Waals surface area (Å²) in [5.41, 5.74) is 8.20. The smallest absolute Gasteiger partial charge is 0.358 e. The van der Waals surface area contributed by atoms with E-state index in [1.165, 1.54) is 106 Å². The largest absolute Gasteiger partial charge is 4.00 e. The minimum absolute atomic E-state index is 0. The zero-order valence-electron chi connectivity index (χ0n) is 32.2. The Kier molecular flexibility index (Phi) is 15.5. The van der Waals surface area contributed by atoms with Crippen LogP contribution in [0.4, 0.5) is 0 Å². The third kappa shape index (κ3) is 8.62. The molecule has 0 aliphatic rings. The monoisotopic (exact) mass is 844 g/mol. The standard InChI is InChI=1S/C46H54Si.2CH3.Hf/c1-7-9-11-27-47(28-12-10-8-2,41-29-39-15-13-17-43(45(39)31-41)37-23-19-35(20-24-37)33(3)4)42-30-40-16-14-18-44(46(40)32-42)38-25-21-36(22-26-38)34(5)6;;;/h13-26,29-34H,7-12,27-28H2,1-6H3;2*1H3;/q-2;2*-1;+4. The molecule has 0 aliphatic carbocycles. The van der Waals surface area contributed by atoms with Crippen molar-refractivity contribution in [2.75, 3.05) is 0 Å². The van der Waals surface area contributed by atoms with Crippen LogP contribution >= 0.6 is 0 Å². The molecule has 0 atom stereocenters. The van der Waals surface area contributed by atoms with Gasteiger partial charge in [-0.1, -0.05) is 164 Å². The van der Waals surface area contributed by atoms with Gasteiger partial charge in [0, 0.05) is 0 Å². The number of benzene rings is 4. The van der Waals surface area contributed by atoms with Crippen LogP contribution in [0.15, 0.2) is 109 Å². The number of unbranched alkanes of at least 4 members (excludes halogenated alkanes) is 4. The van der Waals surface area contributed by atoms with Gasteiger partial charge in [0.1, 0.15) is 0 Å². The third-order valence-electron chi connectivity index (χ3n) is 10.8. The fourth-order valence-electron chi connectivity index (χ4n) is 7.84. The van der Waals surface area contributed by atoms with E-state index in [4.69, 9.17) is 0 Å². The molecule has 6 rings (SSSR count). The van der Waals surface area contributed by atoms with E-state index in [0.29, 0.717) is 11.8 Å². The summed E-state index contributed by atoms with van der Waals surface area (Å²) in [6, 6.07) is 45.7. The topological polar surface area (TPSA) is 0 Å². The second kappa shape index (κ2) is 18.6. The number of hydrogen-bond acceptors (Lipinski definition) is 0. The average molecular weight is 844 g/mol. The number of fused-ring (bicyclic) bond motifs is 2. The van der Waals surface area contributed by atoms with Crippen molar-refractivity contribution in [1.29, 1.82) is 0 Å². The molecule has 50 heavy (non-hydrogen) atoms. The summed E-state index contributed by atoms with van der Waals surface area (Å²) in [6.07, 6.45) is 7.76. The number of hydrogen-bond donors (Lipinski definition) is 0. The Hall–Kier alpha value is -2.81. The maximum Gasteiger partial charge on any atom is 4.00 e. The molecule has 0 aromatic heterocycles. The molecule has 0 fully saturated rings. The van der Waals surface area contributed by atoms with Crippen molar-refractivity contribution in [3.63, 3.8) is 0 Å². The molecule has 2 heteroatoms. The summed E-state index contributed by atoms with van der Waals surface area (Å²) in [7, 11) is -2.08. The second-order valence-electron chi connectivity index (χ2n) is 14.7. The van der Waals surface area contributed by atoms with Crippen molar-refractivity contribution in [3.8, 4) is 22.3 Å². The zero-order chi connectivity index (χ0) is 33.0. The van der Waals surface area contributed by atoms with Crippen LogP contribution < -0.4 is 10.4 Å². The van der Waals surface area contributed by atoms with Gasteiger partial charge in [-0.3, -0.25) is 0 Å². The van der Waals surface area contributed by atoms with Crippen LogP contribution in [0, 0.1) is 14.9 Å². The van der Waals surface area contributed by atoms with Crippen LogP contribution in [0.25, 0.3) is 43.8 Å². The molecule has 0 N–H and O–H groups in total. The normalized spacial score (nSPS) is 11.5. The average Bonchev–Trinajstić information content (AvgIpc) is 3.73. The van der Waals surface area contributed by atoms with E-state index in [1.54, 1.807) is 10.4 Å². The van der Waals surface area contributed by atoms with Gasteiger partial charge >= 0.3 is 25.8 Å². The van der Waals surface area contributed by atoms with E-state index in [-0.39, 0.29) is 40.7 Å². The first-order chi connectivity index (χ1) is 22.8. The maximum atomic E-state index is 2.63. The summed E-state index contributed by atoms with van der Waals surface area (Å²) in [5, 5.41) is 8.92. The predicted molar refractivity (Wildman–Crippen MR) is 225 cm³/mol. The van der Waals surface area contributed by atoms with Crippen LogP contribution in [0.1, 0.15) is 103 Å². The fraction of sp³-hybridized carbons (Fsp3) is 0.333. The SMILES string of the molecule is CCCCC[Si](CCCCC)(c1cc2c(-c3ccc(C(C)C)cc3)cccc2[cH-]1)c1cc2c(-c3ccc(C(C)C)cc3)cccc2[cH-]1.[CH3-].[CH3-].[Hf+4]. The van der Waals surface area contributed by atoms with Crippen molar-refractivity contribution in [2.45, 2.75) is 104 Å². The fourth-order valence-corrected chi connectivity index (χ4v) is 13.0. The van der Waals surface area contributed by atoms with Gasteiger partial charge in [0.15, 0.2) is 0 Å². The minimum atomic E-state index is -2.08. The van der Waals surface area contributed by atoms with Crippen LogP contribution in [0.3, 0.4) is 0 Å². The van der Waals surface area contributed by atoms with Crippen LogP contribution in [0.5, 0.6) is 0 Å². The van der Waals surface area contributed by atoms with Gasteiger partial charge in [-0.25, -0.2) is 0 Å². The molecule has 6 aromatic carbocycles. The summed E-state index contributed by atoms with van der Waals surface area (Å²) < 4.78 is 0. The Morgan fingerprint density at radius 3 is 1.24 bits per heavy atom. The third-order valence-corrected chi connectivity index (χ3v) is 16.0. The predicted octanol–water partition coefficient (Wildman–Crippen LogP) is 13.9. The van der Waals surface area contributed by atoms with Gasteiger partial charge in [-0.15, -0.1) is 68.3 Å². The van der Waals surface area contributed by atoms with Gasteiger partial charge < -0.3 is 14.9 Å². The Morgan fingerprint density at radius 1 is 0.520 bits per heavy atom. The molecule has 0 bridgehead atoms. The molecule has 0 unspecified atom stereocenters. The maximum absolute atomic E-state index is 2.63. The first kappa shape index (κ1) is 41.6. The van der Waals surface area contributed by atoms with Gasteiger partial charge in [0.25, 0.3) is 0 Å². The Labute approximate surface area is 325 Å². The van der Waals surface area contributed by atoms with Crippen LogP contribution in [-0.4, -0.2) is 8.07 Å². The molecule has 260 valence electrons. The van der Waals surface area contributed by atoms with Crippen molar-refractivity contribution >= 4 is 40.0 Å². The van der Waals surface area contributed by atoms with E-state index in [1.807, 2.05) is 0 Å². The second-order valence-corrected chi connectivity index (χ2v) is 19.0. The van der Waals surface area contributed by atoms with E-state index in [0.717, 1.165) is 0 Å². The van der Waals surface area contributed by atoms with E-state index < -0.39 is 8.07 Å². The summed E-state index contributed by atoms with van der Waals surface area (Å²) in [4.78, 5) is 0. The molecule has 0 saturated carbocycles.